The van der Waals surface area contributed by atoms with Crippen LogP contribution in [0.2, 0.25) is 0 Å². The highest BCUT2D eigenvalue weighted by Gasteiger charge is 2.21. The zero-order valence-electron chi connectivity index (χ0n) is 12.3. The molecule has 0 aliphatic rings. The van der Waals surface area contributed by atoms with Gasteiger partial charge >= 0.3 is 0 Å². The fourth-order valence-electron chi connectivity index (χ4n) is 2.05. The molecule has 0 aliphatic carbocycles. The van der Waals surface area contributed by atoms with Crippen LogP contribution in [0, 0.1) is 11.6 Å². The van der Waals surface area contributed by atoms with Crippen LogP contribution in [0.5, 0.6) is 5.88 Å². The fourth-order valence-corrected chi connectivity index (χ4v) is 2.05. The van der Waals surface area contributed by atoms with E-state index >= 15 is 0 Å². The van der Waals surface area contributed by atoms with Crippen LogP contribution in [-0.4, -0.2) is 24.0 Å². The Balaban J connectivity index is 2.38. The Morgan fingerprint density at radius 1 is 1.23 bits per heavy atom. The third-order valence-corrected chi connectivity index (χ3v) is 3.06. The number of rotatable bonds is 5. The van der Waals surface area contributed by atoms with E-state index in [0.29, 0.717) is 13.2 Å². The van der Waals surface area contributed by atoms with E-state index in [1.54, 1.807) is 26.0 Å². The van der Waals surface area contributed by atoms with E-state index in [-0.39, 0.29) is 23.0 Å². The molecule has 1 aromatic carbocycles. The molecule has 0 radical (unpaired) electrons. The third-order valence-electron chi connectivity index (χ3n) is 3.06. The first-order valence-corrected chi connectivity index (χ1v) is 6.93. The van der Waals surface area contributed by atoms with Crippen molar-refractivity contribution in [3.8, 4) is 5.88 Å². The predicted octanol–water partition coefficient (Wildman–Crippen LogP) is 3.43. The van der Waals surface area contributed by atoms with Crippen molar-refractivity contribution < 1.29 is 18.3 Å². The Labute approximate surface area is 127 Å². The molecule has 0 spiro atoms. The molecule has 0 saturated heterocycles. The minimum Gasteiger partial charge on any atom is -0.477 e. The first-order chi connectivity index (χ1) is 10.6. The maximum absolute atomic E-state index is 13.4. The number of halogens is 2. The number of ether oxygens (including phenoxy) is 1. The van der Waals surface area contributed by atoms with Gasteiger partial charge < -0.3 is 9.64 Å². The monoisotopic (exact) mass is 306 g/mol. The minimum absolute atomic E-state index is 0.219. The number of aromatic nitrogens is 1. The van der Waals surface area contributed by atoms with E-state index in [4.69, 9.17) is 4.74 Å². The first kappa shape index (κ1) is 15.9. The van der Waals surface area contributed by atoms with E-state index in [0.717, 1.165) is 12.1 Å². The first-order valence-electron chi connectivity index (χ1n) is 6.93. The summed E-state index contributed by atoms with van der Waals surface area (Å²) in [6, 6.07) is 6.55. The zero-order valence-corrected chi connectivity index (χ0v) is 12.3. The van der Waals surface area contributed by atoms with Gasteiger partial charge in [-0.1, -0.05) is 0 Å². The van der Waals surface area contributed by atoms with Crippen molar-refractivity contribution in [1.29, 1.82) is 0 Å². The molecule has 0 unspecified atom stereocenters. The lowest BCUT2D eigenvalue weighted by molar-refractivity contribution is 0.0983. The van der Waals surface area contributed by atoms with Gasteiger partial charge in [-0.2, -0.15) is 0 Å². The van der Waals surface area contributed by atoms with Gasteiger partial charge in [0.25, 0.3) is 5.91 Å². The van der Waals surface area contributed by atoms with Crippen molar-refractivity contribution in [3.05, 3.63) is 53.7 Å². The van der Waals surface area contributed by atoms with E-state index in [2.05, 4.69) is 4.98 Å². The highest BCUT2D eigenvalue weighted by molar-refractivity contribution is 6.07. The Kier molecular flexibility index (Phi) is 5.04. The number of pyridine rings is 1. The number of hydrogen-bond donors (Lipinski definition) is 0. The lowest BCUT2D eigenvalue weighted by atomic mass is 10.2. The SMILES string of the molecule is CCOc1ncccc1C(=O)N(CC)c1ccc(F)c(F)c1. The molecule has 22 heavy (non-hydrogen) atoms. The molecule has 0 bridgehead atoms. The second kappa shape index (κ2) is 6.98. The summed E-state index contributed by atoms with van der Waals surface area (Å²) < 4.78 is 31.8. The van der Waals surface area contributed by atoms with Crippen LogP contribution in [0.25, 0.3) is 0 Å². The number of amides is 1. The molecule has 1 heterocycles. The largest absolute Gasteiger partial charge is 0.477 e. The van der Waals surface area contributed by atoms with Crippen LogP contribution in [0.15, 0.2) is 36.5 Å². The molecule has 0 saturated carbocycles. The average molecular weight is 306 g/mol. The smallest absolute Gasteiger partial charge is 0.263 e. The second-order valence-corrected chi connectivity index (χ2v) is 4.44. The summed E-state index contributed by atoms with van der Waals surface area (Å²) >= 11 is 0. The van der Waals surface area contributed by atoms with Crippen LogP contribution in [-0.2, 0) is 0 Å². The van der Waals surface area contributed by atoms with Crippen molar-refractivity contribution in [2.45, 2.75) is 13.8 Å². The molecule has 6 heteroatoms. The lowest BCUT2D eigenvalue weighted by Gasteiger charge is -2.22. The van der Waals surface area contributed by atoms with Gasteiger partial charge in [0.1, 0.15) is 5.56 Å². The zero-order chi connectivity index (χ0) is 16.1. The van der Waals surface area contributed by atoms with Crippen molar-refractivity contribution >= 4 is 11.6 Å². The van der Waals surface area contributed by atoms with Gasteiger partial charge in [-0.15, -0.1) is 0 Å². The molecule has 0 N–H and O–H groups in total. The molecule has 4 nitrogen and oxygen atoms in total. The van der Waals surface area contributed by atoms with E-state index in [1.807, 2.05) is 0 Å². The predicted molar refractivity (Wildman–Crippen MR) is 79.1 cm³/mol. The van der Waals surface area contributed by atoms with Crippen LogP contribution in [0.3, 0.4) is 0 Å². The van der Waals surface area contributed by atoms with E-state index < -0.39 is 11.6 Å². The van der Waals surface area contributed by atoms with Crippen molar-refractivity contribution in [1.82, 2.24) is 4.98 Å². The Morgan fingerprint density at radius 3 is 2.64 bits per heavy atom. The molecule has 1 aromatic heterocycles. The molecule has 116 valence electrons. The van der Waals surface area contributed by atoms with Gasteiger partial charge in [-0.25, -0.2) is 13.8 Å². The number of benzene rings is 1. The number of anilines is 1. The fraction of sp³-hybridized carbons (Fsp3) is 0.250. The summed E-state index contributed by atoms with van der Waals surface area (Å²) in [5.41, 5.74) is 0.550. The third kappa shape index (κ3) is 3.21. The van der Waals surface area contributed by atoms with Crippen molar-refractivity contribution in [2.24, 2.45) is 0 Å². The maximum Gasteiger partial charge on any atom is 0.263 e. The molecule has 2 aromatic rings. The second-order valence-electron chi connectivity index (χ2n) is 4.44. The summed E-state index contributed by atoms with van der Waals surface area (Å²) in [4.78, 5) is 18.0. The highest BCUT2D eigenvalue weighted by atomic mass is 19.2. The molecular formula is C16H16F2N2O2. The van der Waals surface area contributed by atoms with E-state index in [9.17, 15) is 13.6 Å². The van der Waals surface area contributed by atoms with Crippen molar-refractivity contribution in [3.63, 3.8) is 0 Å². The highest BCUT2D eigenvalue weighted by Crippen LogP contribution is 2.23. The molecular weight excluding hydrogens is 290 g/mol. The molecule has 0 atom stereocenters. The quantitative estimate of drug-likeness (QED) is 0.850. The number of carbonyl (C=O) groups is 1. The Morgan fingerprint density at radius 2 is 2.00 bits per heavy atom. The van der Waals surface area contributed by atoms with Crippen LogP contribution in [0.4, 0.5) is 14.5 Å². The maximum atomic E-state index is 13.4. The van der Waals surface area contributed by atoms with Gasteiger partial charge in [0.05, 0.1) is 6.61 Å². The topological polar surface area (TPSA) is 42.4 Å². The number of hydrogen-bond acceptors (Lipinski definition) is 3. The van der Waals surface area contributed by atoms with Crippen LogP contribution >= 0.6 is 0 Å². The minimum atomic E-state index is -1.00. The van der Waals surface area contributed by atoms with Crippen LogP contribution in [0.1, 0.15) is 24.2 Å². The number of carbonyl (C=O) groups excluding carboxylic acids is 1. The summed E-state index contributed by atoms with van der Waals surface area (Å²) in [7, 11) is 0. The summed E-state index contributed by atoms with van der Waals surface area (Å²) in [6.07, 6.45) is 1.52. The van der Waals surface area contributed by atoms with Gasteiger partial charge in [0.2, 0.25) is 5.88 Å². The average Bonchev–Trinajstić information content (AvgIpc) is 2.52. The number of nitrogens with zero attached hydrogens (tertiary/aromatic N) is 2. The standard InChI is InChI=1S/C16H16F2N2O2/c1-3-20(11-7-8-13(17)14(18)10-11)16(21)12-6-5-9-19-15(12)22-4-2/h5-10H,3-4H2,1-2H3. The van der Waals surface area contributed by atoms with Gasteiger partial charge in [0, 0.05) is 24.5 Å². The normalized spacial score (nSPS) is 10.4. The van der Waals surface area contributed by atoms with Gasteiger partial charge in [-0.3, -0.25) is 4.79 Å². The summed E-state index contributed by atoms with van der Waals surface area (Å²) in [6.45, 7) is 4.20. The molecule has 0 fully saturated rings. The lowest BCUT2D eigenvalue weighted by Crippen LogP contribution is -2.31. The Bertz CT molecular complexity index is 677. The van der Waals surface area contributed by atoms with Gasteiger partial charge in [0.15, 0.2) is 11.6 Å². The summed E-state index contributed by atoms with van der Waals surface area (Å²) in [5.74, 6) is -2.12. The molecule has 1 amide bonds. The molecule has 0 aliphatic heterocycles. The van der Waals surface area contributed by atoms with E-state index in [1.165, 1.54) is 17.2 Å². The van der Waals surface area contributed by atoms with Gasteiger partial charge in [-0.05, 0) is 38.1 Å². The summed E-state index contributed by atoms with van der Waals surface area (Å²) in [5, 5.41) is 0. The van der Waals surface area contributed by atoms with Crippen molar-refractivity contribution in [2.75, 3.05) is 18.1 Å². The Hall–Kier alpha value is -2.50. The van der Waals surface area contributed by atoms with Crippen LogP contribution < -0.4 is 9.64 Å². The molecule has 2 rings (SSSR count).